The first kappa shape index (κ1) is 13.2. The van der Waals surface area contributed by atoms with E-state index in [0.717, 1.165) is 6.54 Å². The van der Waals surface area contributed by atoms with Gasteiger partial charge < -0.3 is 10.1 Å². The van der Waals surface area contributed by atoms with E-state index in [4.69, 9.17) is 4.74 Å². The third-order valence-corrected chi connectivity index (χ3v) is 3.25. The van der Waals surface area contributed by atoms with Crippen molar-refractivity contribution in [1.29, 1.82) is 0 Å². The van der Waals surface area contributed by atoms with Crippen LogP contribution in [0.25, 0.3) is 0 Å². The van der Waals surface area contributed by atoms with E-state index in [-0.39, 0.29) is 12.1 Å². The highest BCUT2D eigenvalue weighted by atomic mass is 16.5. The quantitative estimate of drug-likeness (QED) is 0.825. The van der Waals surface area contributed by atoms with Gasteiger partial charge >= 0.3 is 0 Å². The molecule has 0 aliphatic heterocycles. The number of methoxy groups -OCH3 is 1. The number of benzene rings is 1. The Hall–Kier alpha value is -0.860. The second-order valence-corrected chi connectivity index (χ2v) is 4.27. The fraction of sp³-hybridized carbons (Fsp3) is 0.571. The molecule has 1 aromatic rings. The van der Waals surface area contributed by atoms with E-state index in [1.807, 2.05) is 0 Å². The zero-order valence-corrected chi connectivity index (χ0v) is 11.0. The van der Waals surface area contributed by atoms with Crippen LogP contribution in [0.4, 0.5) is 0 Å². The standard InChI is InChI=1S/C14H23NO/c1-6-15-14(12(4)16-5)13-9-7-8-10(2)11(13)3/h7-9,12,14-15H,6H2,1-5H3. The van der Waals surface area contributed by atoms with E-state index in [2.05, 4.69) is 51.2 Å². The van der Waals surface area contributed by atoms with Crippen LogP contribution < -0.4 is 5.32 Å². The highest BCUT2D eigenvalue weighted by molar-refractivity contribution is 5.35. The molecule has 1 rings (SSSR count). The van der Waals surface area contributed by atoms with Crippen LogP contribution in [-0.4, -0.2) is 19.8 Å². The molecule has 1 aromatic carbocycles. The smallest absolute Gasteiger partial charge is 0.0737 e. The van der Waals surface area contributed by atoms with Crippen LogP contribution in [0.5, 0.6) is 0 Å². The second kappa shape index (κ2) is 6.02. The monoisotopic (exact) mass is 221 g/mol. The number of nitrogens with one attached hydrogen (secondary N) is 1. The minimum Gasteiger partial charge on any atom is -0.380 e. The number of aryl methyl sites for hydroxylation is 1. The fourth-order valence-electron chi connectivity index (χ4n) is 2.00. The van der Waals surface area contributed by atoms with Crippen LogP contribution >= 0.6 is 0 Å². The Morgan fingerprint density at radius 3 is 2.56 bits per heavy atom. The summed E-state index contributed by atoms with van der Waals surface area (Å²) in [6.45, 7) is 9.51. The van der Waals surface area contributed by atoms with Gasteiger partial charge in [-0.2, -0.15) is 0 Å². The third-order valence-electron chi connectivity index (χ3n) is 3.25. The van der Waals surface area contributed by atoms with Crippen LogP contribution in [-0.2, 0) is 4.74 Å². The molecular weight excluding hydrogens is 198 g/mol. The predicted octanol–water partition coefficient (Wildman–Crippen LogP) is 2.99. The molecule has 0 aromatic heterocycles. The maximum atomic E-state index is 5.45. The number of ether oxygens (including phenoxy) is 1. The molecule has 0 bridgehead atoms. The molecule has 90 valence electrons. The van der Waals surface area contributed by atoms with Gasteiger partial charge in [-0.3, -0.25) is 0 Å². The largest absolute Gasteiger partial charge is 0.380 e. The van der Waals surface area contributed by atoms with Crippen LogP contribution in [0.2, 0.25) is 0 Å². The van der Waals surface area contributed by atoms with Crippen molar-refractivity contribution in [3.05, 3.63) is 34.9 Å². The summed E-state index contributed by atoms with van der Waals surface area (Å²) in [6.07, 6.45) is 0.181. The van der Waals surface area contributed by atoms with E-state index < -0.39 is 0 Å². The Bertz CT molecular complexity index is 336. The van der Waals surface area contributed by atoms with Gasteiger partial charge in [-0.25, -0.2) is 0 Å². The molecule has 0 aliphatic rings. The van der Waals surface area contributed by atoms with Gasteiger partial charge in [0, 0.05) is 7.11 Å². The summed E-state index contributed by atoms with van der Waals surface area (Å²) in [6, 6.07) is 6.73. The van der Waals surface area contributed by atoms with Gasteiger partial charge in [-0.1, -0.05) is 25.1 Å². The van der Waals surface area contributed by atoms with Crippen LogP contribution in [0.3, 0.4) is 0 Å². The first-order chi connectivity index (χ1) is 7.61. The summed E-state index contributed by atoms with van der Waals surface area (Å²) >= 11 is 0. The Labute approximate surface area is 99.0 Å². The van der Waals surface area contributed by atoms with E-state index in [0.29, 0.717) is 0 Å². The Kier molecular flexibility index (Phi) is 4.97. The highest BCUT2D eigenvalue weighted by Gasteiger charge is 2.19. The lowest BCUT2D eigenvalue weighted by Crippen LogP contribution is -2.32. The van der Waals surface area contributed by atoms with Gasteiger partial charge in [0.15, 0.2) is 0 Å². The maximum absolute atomic E-state index is 5.45. The van der Waals surface area contributed by atoms with Crippen molar-refractivity contribution in [3.8, 4) is 0 Å². The van der Waals surface area contributed by atoms with Gasteiger partial charge in [-0.05, 0) is 44.0 Å². The molecule has 0 radical (unpaired) electrons. The van der Waals surface area contributed by atoms with Crippen molar-refractivity contribution in [1.82, 2.24) is 5.32 Å². The van der Waals surface area contributed by atoms with E-state index in [1.165, 1.54) is 16.7 Å². The van der Waals surface area contributed by atoms with Gasteiger partial charge in [-0.15, -0.1) is 0 Å². The molecule has 0 aliphatic carbocycles. The van der Waals surface area contributed by atoms with Gasteiger partial charge in [0.05, 0.1) is 12.1 Å². The summed E-state index contributed by atoms with van der Waals surface area (Å²) in [5.74, 6) is 0. The number of hydrogen-bond acceptors (Lipinski definition) is 2. The lowest BCUT2D eigenvalue weighted by Gasteiger charge is -2.26. The van der Waals surface area contributed by atoms with E-state index in [9.17, 15) is 0 Å². The summed E-state index contributed by atoms with van der Waals surface area (Å²) in [5, 5.41) is 3.49. The number of hydrogen-bond donors (Lipinski definition) is 1. The molecule has 2 heteroatoms. The molecule has 0 saturated carbocycles. The maximum Gasteiger partial charge on any atom is 0.0737 e. The zero-order valence-electron chi connectivity index (χ0n) is 11.0. The Morgan fingerprint density at radius 2 is 2.00 bits per heavy atom. The van der Waals surface area contributed by atoms with Crippen molar-refractivity contribution in [3.63, 3.8) is 0 Å². The fourth-order valence-corrected chi connectivity index (χ4v) is 2.00. The summed E-state index contributed by atoms with van der Waals surface area (Å²) in [7, 11) is 1.76. The normalized spacial score (nSPS) is 14.8. The molecule has 2 atom stereocenters. The van der Waals surface area contributed by atoms with Crippen LogP contribution in [0.15, 0.2) is 18.2 Å². The first-order valence-electron chi connectivity index (χ1n) is 5.94. The summed E-state index contributed by atoms with van der Waals surface area (Å²) in [5.41, 5.74) is 4.04. The SMILES string of the molecule is CCNC(c1cccc(C)c1C)C(C)OC. The summed E-state index contributed by atoms with van der Waals surface area (Å²) < 4.78 is 5.45. The molecule has 16 heavy (non-hydrogen) atoms. The third kappa shape index (κ3) is 2.83. The molecule has 0 amide bonds. The zero-order chi connectivity index (χ0) is 12.1. The average Bonchev–Trinajstić information content (AvgIpc) is 2.29. The van der Waals surface area contributed by atoms with Crippen molar-refractivity contribution in [2.24, 2.45) is 0 Å². The van der Waals surface area contributed by atoms with Gasteiger partial charge in [0.2, 0.25) is 0 Å². The second-order valence-electron chi connectivity index (χ2n) is 4.27. The number of likely N-dealkylation sites (N-methyl/N-ethyl adjacent to an activating group) is 1. The Balaban J connectivity index is 3.05. The lowest BCUT2D eigenvalue weighted by atomic mass is 9.94. The molecular formula is C14H23NO. The van der Waals surface area contributed by atoms with Crippen LogP contribution in [0, 0.1) is 13.8 Å². The van der Waals surface area contributed by atoms with Crippen molar-refractivity contribution < 1.29 is 4.74 Å². The van der Waals surface area contributed by atoms with Crippen molar-refractivity contribution in [2.45, 2.75) is 39.8 Å². The van der Waals surface area contributed by atoms with Crippen molar-refractivity contribution in [2.75, 3.05) is 13.7 Å². The molecule has 0 spiro atoms. The molecule has 1 N–H and O–H groups in total. The lowest BCUT2D eigenvalue weighted by molar-refractivity contribution is 0.0833. The van der Waals surface area contributed by atoms with E-state index in [1.54, 1.807) is 7.11 Å². The molecule has 0 saturated heterocycles. The molecule has 0 fully saturated rings. The Morgan fingerprint density at radius 1 is 1.31 bits per heavy atom. The minimum absolute atomic E-state index is 0.181. The minimum atomic E-state index is 0.181. The molecule has 0 heterocycles. The van der Waals surface area contributed by atoms with Gasteiger partial charge in [0.25, 0.3) is 0 Å². The first-order valence-corrected chi connectivity index (χ1v) is 5.94. The number of rotatable bonds is 5. The summed E-state index contributed by atoms with van der Waals surface area (Å²) in [4.78, 5) is 0. The average molecular weight is 221 g/mol. The van der Waals surface area contributed by atoms with Gasteiger partial charge in [0.1, 0.15) is 0 Å². The highest BCUT2D eigenvalue weighted by Crippen LogP contribution is 2.24. The van der Waals surface area contributed by atoms with Crippen LogP contribution in [0.1, 0.15) is 36.6 Å². The van der Waals surface area contributed by atoms with Crippen molar-refractivity contribution >= 4 is 0 Å². The predicted molar refractivity (Wildman–Crippen MR) is 68.8 cm³/mol. The topological polar surface area (TPSA) is 21.3 Å². The van der Waals surface area contributed by atoms with E-state index >= 15 is 0 Å². The molecule has 2 unspecified atom stereocenters. The molecule has 2 nitrogen and oxygen atoms in total.